The molecule has 0 radical (unpaired) electrons. The molecule has 4 fully saturated rings. The molecular formula is C60H99NO13SSi3. The van der Waals surface area contributed by atoms with E-state index >= 15 is 9.59 Å². The number of amides is 1. The normalized spacial score (nSPS) is 33.1. The van der Waals surface area contributed by atoms with Crippen LogP contribution < -0.4 is 5.32 Å². The summed E-state index contributed by atoms with van der Waals surface area (Å²) in [4.78, 5) is 75.9. The van der Waals surface area contributed by atoms with Crippen molar-refractivity contribution in [3.05, 3.63) is 47.0 Å². The van der Waals surface area contributed by atoms with Gasteiger partial charge < -0.3 is 42.6 Å². The van der Waals surface area contributed by atoms with Crippen LogP contribution in [-0.4, -0.2) is 126 Å². The lowest BCUT2D eigenvalue weighted by molar-refractivity contribution is -0.346. The predicted molar refractivity (Wildman–Crippen MR) is 314 cm³/mol. The standard InChI is InChI=1S/C60H99NO13SSi3/c1-17-77(18-2,19-3)72-44-37-45-59(39-68-45,71-41(8)62)52-54-60(67)38-43(40(7)48(57(60,12)13)50(53(65)58(44,52)14)74-78(20-4,21-5)22-6)69-55(66)51(73-76(15,16)56(9,10)11)49(42-31-25-23-26-32-42)61-46(63)33-27-24-29-35-75-36-30-28-34-47(64)70-54/h23,25-26,31-32,43-45,49-52,54,67H,17-22,24,27-30,33-39H2,1-16H3,(H,61,63)/t43-,44-,45+,49-,50+,51+,52-,54-,58+,59-,60+/m0/s1. The van der Waals surface area contributed by atoms with Crippen molar-refractivity contribution in [1.82, 2.24) is 5.32 Å². The number of aliphatic hydroxyl groups is 1. The first-order valence-electron chi connectivity index (χ1n) is 29.7. The molecule has 0 aromatic heterocycles. The number of carbonyl (C=O) groups excluding carboxylic acids is 5. The predicted octanol–water partition coefficient (Wildman–Crippen LogP) is 12.1. The van der Waals surface area contributed by atoms with E-state index in [9.17, 15) is 19.5 Å². The molecule has 6 rings (SSSR count). The number of ether oxygens (including phenoxy) is 4. The Morgan fingerprint density at radius 3 is 1.94 bits per heavy atom. The number of thioether (sulfide) groups is 1. The molecule has 5 aliphatic rings. The smallest absolute Gasteiger partial charge is 0.337 e. The highest BCUT2D eigenvalue weighted by Crippen LogP contribution is 2.65. The van der Waals surface area contributed by atoms with E-state index in [2.05, 4.69) is 80.7 Å². The van der Waals surface area contributed by atoms with Crippen LogP contribution in [0.5, 0.6) is 0 Å². The first-order chi connectivity index (χ1) is 36.6. The Hall–Kier alpha value is -2.69. The number of Topliss-reactive ketones (excluding diaryl/α,β-unsaturated/α-hetero) is 1. The lowest BCUT2D eigenvalue weighted by Gasteiger charge is -2.68. The fourth-order valence-corrected chi connectivity index (χ4v) is 21.3. The van der Waals surface area contributed by atoms with Crippen LogP contribution in [0.1, 0.15) is 166 Å². The van der Waals surface area contributed by atoms with Crippen LogP contribution in [0.15, 0.2) is 41.5 Å². The average Bonchev–Trinajstić information content (AvgIpc) is 3.16. The summed E-state index contributed by atoms with van der Waals surface area (Å²) in [6.45, 7) is 31.9. The van der Waals surface area contributed by atoms with Crippen LogP contribution in [0.4, 0.5) is 0 Å². The van der Waals surface area contributed by atoms with Crippen molar-refractivity contribution in [2.75, 3.05) is 18.1 Å². The number of nitrogens with one attached hydrogen (secondary N) is 1. The summed E-state index contributed by atoms with van der Waals surface area (Å²) in [5.74, 6) is -1.94. The highest BCUT2D eigenvalue weighted by molar-refractivity contribution is 7.99. The second-order valence-electron chi connectivity index (χ2n) is 25.6. The van der Waals surface area contributed by atoms with Gasteiger partial charge in [0.05, 0.1) is 30.1 Å². The van der Waals surface area contributed by atoms with Gasteiger partial charge in [-0.05, 0) is 122 Å². The van der Waals surface area contributed by atoms with E-state index in [1.54, 1.807) is 0 Å². The summed E-state index contributed by atoms with van der Waals surface area (Å²) >= 11 is 1.81. The molecule has 0 unspecified atom stereocenters. The molecule has 14 nitrogen and oxygen atoms in total. The number of carbonyl (C=O) groups is 5. The minimum Gasteiger partial charge on any atom is -0.459 e. The van der Waals surface area contributed by atoms with E-state index in [1.165, 1.54) is 6.92 Å². The van der Waals surface area contributed by atoms with Gasteiger partial charge in [0.2, 0.25) is 5.91 Å². The maximum Gasteiger partial charge on any atom is 0.337 e. The van der Waals surface area contributed by atoms with Gasteiger partial charge >= 0.3 is 17.9 Å². The van der Waals surface area contributed by atoms with Gasteiger partial charge in [-0.25, -0.2) is 4.79 Å². The zero-order valence-corrected chi connectivity index (χ0v) is 54.3. The Morgan fingerprint density at radius 2 is 1.38 bits per heavy atom. The van der Waals surface area contributed by atoms with Crippen molar-refractivity contribution < 1.29 is 61.3 Å². The van der Waals surface area contributed by atoms with Crippen LogP contribution >= 0.6 is 11.8 Å². The Labute approximate surface area is 475 Å². The third-order valence-corrected chi connectivity index (χ3v) is 35.0. The van der Waals surface area contributed by atoms with Gasteiger partial charge in [-0.1, -0.05) is 113 Å². The third kappa shape index (κ3) is 12.5. The largest absolute Gasteiger partial charge is 0.459 e. The number of fused-ring (bicyclic) bond motifs is 6. The molecule has 1 aromatic carbocycles. The summed E-state index contributed by atoms with van der Waals surface area (Å²) in [6, 6.07) is 12.8. The van der Waals surface area contributed by atoms with Crippen molar-refractivity contribution in [2.45, 2.75) is 263 Å². The summed E-state index contributed by atoms with van der Waals surface area (Å²) in [6.07, 6.45) is -3.05. The average molecular weight is 1160 g/mol. The summed E-state index contributed by atoms with van der Waals surface area (Å²) < 4.78 is 49.4. The van der Waals surface area contributed by atoms with E-state index < -0.39 is 113 Å². The van der Waals surface area contributed by atoms with E-state index in [1.807, 2.05) is 69.8 Å². The fourth-order valence-electron chi connectivity index (χ4n) is 13.4. The van der Waals surface area contributed by atoms with Gasteiger partial charge in [0.1, 0.15) is 30.0 Å². The SMILES string of the molecule is CC[Si](CC)(CC)O[C@H]1C(=O)[C@]2(C)[C@@H](O[Si](CC)(CC)CC)C[C@H]3OC[C@@]3(OC(C)=O)[C@H]2[C@@H]2OC(=O)CCCCSCCCCCC(=O)N[C@@H](c3ccccc3)[C@@H](O[Si](C)(C)C(C)(C)C)C(=O)O[C@H]3C[C@]2(O)C(C)(C)C1=C3C. The Morgan fingerprint density at radius 1 is 0.808 bits per heavy atom. The number of benzene rings is 1. The minimum atomic E-state index is -2.85. The van der Waals surface area contributed by atoms with Crippen LogP contribution in [-0.2, 0) is 56.2 Å². The van der Waals surface area contributed by atoms with Crippen molar-refractivity contribution >= 4 is 66.3 Å². The Bertz CT molecular complexity index is 2300. The summed E-state index contributed by atoms with van der Waals surface area (Å²) in [5, 5.41) is 17.6. The zero-order valence-electron chi connectivity index (χ0n) is 50.5. The van der Waals surface area contributed by atoms with Crippen molar-refractivity contribution in [3.8, 4) is 0 Å². The number of rotatable bonds is 14. The topological polar surface area (TPSA) is 182 Å². The quantitative estimate of drug-likeness (QED) is 0.0777. The van der Waals surface area contributed by atoms with E-state index in [4.69, 9.17) is 32.2 Å². The monoisotopic (exact) mass is 1160 g/mol. The third-order valence-electron chi connectivity index (χ3n) is 20.1. The number of hydrogen-bond acceptors (Lipinski definition) is 14. The molecule has 3 aliphatic carbocycles. The summed E-state index contributed by atoms with van der Waals surface area (Å²) in [5.41, 5.74) is -5.04. The fraction of sp³-hybridized carbons (Fsp3) is 0.783. The van der Waals surface area contributed by atoms with Gasteiger partial charge in [-0.15, -0.1) is 0 Å². The molecule has 2 N–H and O–H groups in total. The maximum absolute atomic E-state index is 17.2. The number of esters is 3. The molecule has 2 aliphatic heterocycles. The van der Waals surface area contributed by atoms with Crippen LogP contribution in [0, 0.1) is 16.7 Å². The molecule has 0 spiro atoms. The minimum absolute atomic E-state index is 0.0366. The van der Waals surface area contributed by atoms with Gasteiger partial charge in [-0.3, -0.25) is 19.2 Å². The highest BCUT2D eigenvalue weighted by Gasteiger charge is 2.79. The van der Waals surface area contributed by atoms with Crippen molar-refractivity contribution in [1.29, 1.82) is 0 Å². The Kier molecular flexibility index (Phi) is 21.0. The molecule has 3 bridgehead atoms. The molecule has 440 valence electrons. The summed E-state index contributed by atoms with van der Waals surface area (Å²) in [7, 11) is -8.21. The first kappa shape index (κ1) is 64.5. The molecule has 1 aromatic rings. The molecule has 1 amide bonds. The molecule has 18 heteroatoms. The van der Waals surface area contributed by atoms with Crippen LogP contribution in [0.25, 0.3) is 0 Å². The highest BCUT2D eigenvalue weighted by atomic mass is 32.2. The Balaban J connectivity index is 1.70. The lowest BCUT2D eigenvalue weighted by Crippen LogP contribution is -2.82. The van der Waals surface area contributed by atoms with Crippen LogP contribution in [0.3, 0.4) is 0 Å². The molecule has 2 saturated carbocycles. The van der Waals surface area contributed by atoms with E-state index in [0.29, 0.717) is 47.7 Å². The zero-order chi connectivity index (χ0) is 57.9. The van der Waals surface area contributed by atoms with E-state index in [-0.39, 0.29) is 49.0 Å². The molecular weight excluding hydrogens is 1060 g/mol. The van der Waals surface area contributed by atoms with Gasteiger partial charge in [0.25, 0.3) is 0 Å². The van der Waals surface area contributed by atoms with Crippen molar-refractivity contribution in [2.24, 2.45) is 16.7 Å². The molecule has 2 heterocycles. The second kappa shape index (κ2) is 25.4. The second-order valence-corrected chi connectivity index (χ2v) is 41.0. The van der Waals surface area contributed by atoms with Gasteiger partial charge in [0.15, 0.2) is 42.4 Å². The number of ketones is 1. The maximum atomic E-state index is 17.2. The number of hydrogen-bond donors (Lipinski definition) is 2. The van der Waals surface area contributed by atoms with Gasteiger partial charge in [0, 0.05) is 38.0 Å². The lowest BCUT2D eigenvalue weighted by atomic mass is 9.44. The van der Waals surface area contributed by atoms with Crippen LogP contribution in [0.2, 0.25) is 54.4 Å². The van der Waals surface area contributed by atoms with Gasteiger partial charge in [-0.2, -0.15) is 11.8 Å². The first-order valence-corrected chi connectivity index (χ1v) is 38.8. The van der Waals surface area contributed by atoms with E-state index in [0.717, 1.165) is 48.9 Å². The molecule has 11 atom stereocenters. The van der Waals surface area contributed by atoms with Crippen molar-refractivity contribution in [3.63, 3.8) is 0 Å². The molecule has 78 heavy (non-hydrogen) atoms. The molecule has 2 saturated heterocycles.